The van der Waals surface area contributed by atoms with Crippen LogP contribution in [0.3, 0.4) is 0 Å². The number of imidazole rings is 1. The first kappa shape index (κ1) is 18.7. The van der Waals surface area contributed by atoms with E-state index in [1.807, 2.05) is 24.5 Å². The number of halogens is 1. The molecule has 4 aromatic heterocycles. The van der Waals surface area contributed by atoms with Gasteiger partial charge in [-0.15, -0.1) is 10.2 Å². The quantitative estimate of drug-likeness (QED) is 0.459. The van der Waals surface area contributed by atoms with Crippen molar-refractivity contribution in [3.63, 3.8) is 0 Å². The first-order chi connectivity index (χ1) is 15.7. The molecule has 32 heavy (non-hydrogen) atoms. The molecule has 1 aliphatic heterocycles. The SMILES string of the molecule is CCc1cnc2c(-c3cnc(NCc4c(F)ccc5c4CCO5)n4cnnc34)cccn12. The fraction of sp³-hybridized carbons (Fsp3) is 0.217. The molecular formula is C23H20FN7O. The van der Waals surface area contributed by atoms with Crippen molar-refractivity contribution in [2.45, 2.75) is 26.3 Å². The maximum Gasteiger partial charge on any atom is 0.210 e. The summed E-state index contributed by atoms with van der Waals surface area (Å²) in [5.74, 6) is 1.03. The van der Waals surface area contributed by atoms with E-state index in [0.29, 0.717) is 30.2 Å². The molecule has 0 aliphatic carbocycles. The number of benzene rings is 1. The Bertz CT molecular complexity index is 1470. The topological polar surface area (TPSA) is 81.6 Å². The van der Waals surface area contributed by atoms with E-state index in [2.05, 4.69) is 36.8 Å². The molecule has 0 radical (unpaired) electrons. The third kappa shape index (κ3) is 2.81. The largest absolute Gasteiger partial charge is 0.493 e. The summed E-state index contributed by atoms with van der Waals surface area (Å²) in [4.78, 5) is 9.22. The van der Waals surface area contributed by atoms with Gasteiger partial charge in [-0.3, -0.25) is 4.40 Å². The lowest BCUT2D eigenvalue weighted by Crippen LogP contribution is -2.09. The minimum absolute atomic E-state index is 0.254. The van der Waals surface area contributed by atoms with Gasteiger partial charge in [-0.2, -0.15) is 0 Å². The molecule has 1 aliphatic rings. The Balaban J connectivity index is 1.39. The summed E-state index contributed by atoms with van der Waals surface area (Å²) in [5.41, 5.74) is 5.89. The van der Waals surface area contributed by atoms with Crippen LogP contribution in [0.15, 0.2) is 49.2 Å². The Morgan fingerprint density at radius 2 is 2.03 bits per heavy atom. The first-order valence-electron chi connectivity index (χ1n) is 10.6. The smallest absolute Gasteiger partial charge is 0.210 e. The summed E-state index contributed by atoms with van der Waals surface area (Å²) in [7, 11) is 0. The average molecular weight is 429 g/mol. The number of nitrogens with zero attached hydrogens (tertiary/aromatic N) is 6. The predicted molar refractivity (Wildman–Crippen MR) is 117 cm³/mol. The van der Waals surface area contributed by atoms with Crippen LogP contribution in [-0.4, -0.2) is 35.6 Å². The fourth-order valence-corrected chi connectivity index (χ4v) is 4.35. The zero-order chi connectivity index (χ0) is 21.7. The molecule has 0 fully saturated rings. The Hall–Kier alpha value is -4.01. The number of hydrogen-bond donors (Lipinski definition) is 1. The zero-order valence-corrected chi connectivity index (χ0v) is 17.4. The molecule has 160 valence electrons. The minimum Gasteiger partial charge on any atom is -0.493 e. The van der Waals surface area contributed by atoms with Gasteiger partial charge >= 0.3 is 0 Å². The van der Waals surface area contributed by atoms with Gasteiger partial charge in [-0.25, -0.2) is 14.4 Å². The zero-order valence-electron chi connectivity index (χ0n) is 17.4. The maximum absolute atomic E-state index is 14.5. The van der Waals surface area contributed by atoms with E-state index in [4.69, 9.17) is 4.74 Å². The van der Waals surface area contributed by atoms with Gasteiger partial charge in [-0.1, -0.05) is 6.92 Å². The second-order valence-corrected chi connectivity index (χ2v) is 7.69. The number of rotatable bonds is 5. The molecule has 0 spiro atoms. The molecule has 1 aromatic carbocycles. The molecule has 8 nitrogen and oxygen atoms in total. The number of aromatic nitrogens is 6. The number of anilines is 1. The Morgan fingerprint density at radius 3 is 2.94 bits per heavy atom. The summed E-state index contributed by atoms with van der Waals surface area (Å²) in [6.07, 6.45) is 8.85. The normalized spacial score (nSPS) is 12.9. The summed E-state index contributed by atoms with van der Waals surface area (Å²) in [5, 5.41) is 11.7. The van der Waals surface area contributed by atoms with E-state index in [0.717, 1.165) is 40.2 Å². The van der Waals surface area contributed by atoms with Crippen LogP contribution in [0.25, 0.3) is 22.4 Å². The van der Waals surface area contributed by atoms with Gasteiger partial charge in [0.2, 0.25) is 5.95 Å². The van der Waals surface area contributed by atoms with Gasteiger partial charge in [0.25, 0.3) is 0 Å². The highest BCUT2D eigenvalue weighted by Gasteiger charge is 2.20. The average Bonchev–Trinajstić information content (AvgIpc) is 3.57. The van der Waals surface area contributed by atoms with Gasteiger partial charge in [0.1, 0.15) is 23.5 Å². The van der Waals surface area contributed by atoms with Crippen LogP contribution in [-0.2, 0) is 19.4 Å². The van der Waals surface area contributed by atoms with Gasteiger partial charge < -0.3 is 14.5 Å². The Kier molecular flexibility index (Phi) is 4.27. The number of aryl methyl sites for hydroxylation is 1. The molecule has 0 saturated carbocycles. The van der Waals surface area contributed by atoms with Crippen LogP contribution in [0.2, 0.25) is 0 Å². The second-order valence-electron chi connectivity index (χ2n) is 7.69. The molecule has 9 heteroatoms. The maximum atomic E-state index is 14.5. The summed E-state index contributed by atoms with van der Waals surface area (Å²) in [6.45, 7) is 2.97. The lowest BCUT2D eigenvalue weighted by Gasteiger charge is -2.13. The number of nitrogens with one attached hydrogen (secondary N) is 1. The van der Waals surface area contributed by atoms with Gasteiger partial charge in [-0.05, 0) is 30.7 Å². The van der Waals surface area contributed by atoms with Crippen molar-refractivity contribution in [2.24, 2.45) is 0 Å². The van der Waals surface area contributed by atoms with Crippen molar-refractivity contribution in [1.82, 2.24) is 29.0 Å². The lowest BCUT2D eigenvalue weighted by molar-refractivity contribution is 0.356. The molecular weight excluding hydrogens is 409 g/mol. The molecule has 0 saturated heterocycles. The van der Waals surface area contributed by atoms with Crippen molar-refractivity contribution in [1.29, 1.82) is 0 Å². The highest BCUT2D eigenvalue weighted by Crippen LogP contribution is 2.31. The van der Waals surface area contributed by atoms with Crippen molar-refractivity contribution in [3.8, 4) is 16.9 Å². The van der Waals surface area contributed by atoms with E-state index >= 15 is 0 Å². The van der Waals surface area contributed by atoms with E-state index < -0.39 is 0 Å². The fourth-order valence-electron chi connectivity index (χ4n) is 4.35. The molecule has 6 rings (SSSR count). The van der Waals surface area contributed by atoms with Crippen LogP contribution in [0.4, 0.5) is 10.3 Å². The predicted octanol–water partition coefficient (Wildman–Crippen LogP) is 3.69. The highest BCUT2D eigenvalue weighted by molar-refractivity contribution is 5.86. The molecule has 5 aromatic rings. The standard InChI is InChI=1S/C23H20FN7O/c1-2-14-10-25-21-16(4-3-8-30(14)21)18-12-27-23(31-13-28-29-22(18)31)26-11-17-15-7-9-32-20(15)6-5-19(17)24/h3-6,8,10,12-13H,2,7,9,11H2,1H3,(H,26,27). The highest BCUT2D eigenvalue weighted by atomic mass is 19.1. The number of pyridine rings is 1. The van der Waals surface area contributed by atoms with Crippen LogP contribution in [0.1, 0.15) is 23.7 Å². The number of ether oxygens (including phenoxy) is 1. The van der Waals surface area contributed by atoms with E-state index in [1.54, 1.807) is 23.0 Å². The second kappa shape index (κ2) is 7.30. The van der Waals surface area contributed by atoms with Gasteiger partial charge in [0, 0.05) is 59.5 Å². The molecule has 1 N–H and O–H groups in total. The summed E-state index contributed by atoms with van der Waals surface area (Å²) >= 11 is 0. The van der Waals surface area contributed by atoms with E-state index in [9.17, 15) is 4.39 Å². The van der Waals surface area contributed by atoms with Crippen LogP contribution >= 0.6 is 0 Å². The van der Waals surface area contributed by atoms with Crippen molar-refractivity contribution < 1.29 is 9.13 Å². The van der Waals surface area contributed by atoms with Crippen molar-refractivity contribution in [2.75, 3.05) is 11.9 Å². The molecule has 0 bridgehead atoms. The van der Waals surface area contributed by atoms with E-state index in [1.165, 1.54) is 6.07 Å². The van der Waals surface area contributed by atoms with Crippen molar-refractivity contribution in [3.05, 3.63) is 71.8 Å². The molecule has 0 atom stereocenters. The minimum atomic E-state index is -0.254. The lowest BCUT2D eigenvalue weighted by atomic mass is 10.0. The summed E-state index contributed by atoms with van der Waals surface area (Å²) in [6, 6.07) is 7.13. The third-order valence-corrected chi connectivity index (χ3v) is 5.96. The van der Waals surface area contributed by atoms with Gasteiger partial charge in [0.15, 0.2) is 5.65 Å². The van der Waals surface area contributed by atoms with E-state index in [-0.39, 0.29) is 12.4 Å². The molecule has 0 unspecified atom stereocenters. The summed E-state index contributed by atoms with van der Waals surface area (Å²) < 4.78 is 23.9. The van der Waals surface area contributed by atoms with Gasteiger partial charge in [0.05, 0.1) is 6.61 Å². The Labute approximate surface area is 182 Å². The number of hydrogen-bond acceptors (Lipinski definition) is 6. The molecule has 0 amide bonds. The van der Waals surface area contributed by atoms with Crippen LogP contribution < -0.4 is 10.1 Å². The monoisotopic (exact) mass is 429 g/mol. The molecule has 5 heterocycles. The van der Waals surface area contributed by atoms with Crippen LogP contribution in [0.5, 0.6) is 5.75 Å². The third-order valence-electron chi connectivity index (χ3n) is 5.96. The first-order valence-corrected chi connectivity index (χ1v) is 10.6. The van der Waals surface area contributed by atoms with Crippen LogP contribution in [0, 0.1) is 5.82 Å². The van der Waals surface area contributed by atoms with Crippen molar-refractivity contribution >= 4 is 17.2 Å². The number of fused-ring (bicyclic) bond motifs is 3. The Morgan fingerprint density at radius 1 is 1.09 bits per heavy atom.